The topological polar surface area (TPSA) is 134 Å². The highest BCUT2D eigenvalue weighted by Gasteiger charge is 2.27. The predicted octanol–water partition coefficient (Wildman–Crippen LogP) is 4.98. The Morgan fingerprint density at radius 1 is 1.12 bits per heavy atom. The van der Waals surface area contributed by atoms with Crippen molar-refractivity contribution in [2.24, 2.45) is 0 Å². The van der Waals surface area contributed by atoms with Crippen LogP contribution in [-0.4, -0.2) is 67.9 Å². The highest BCUT2D eigenvalue weighted by molar-refractivity contribution is 6.04. The number of hydrogen-bond donors (Lipinski definition) is 3. The first-order valence-corrected chi connectivity index (χ1v) is 15.4. The van der Waals surface area contributed by atoms with E-state index in [1.165, 1.54) is 12.1 Å². The minimum atomic E-state index is -0.877. The summed E-state index contributed by atoms with van der Waals surface area (Å²) in [5.74, 6) is 4.93. The first-order valence-electron chi connectivity index (χ1n) is 15.4. The van der Waals surface area contributed by atoms with Gasteiger partial charge in [0.25, 0.3) is 5.91 Å². The number of imidazole rings is 1. The number of rotatable bonds is 7. The Morgan fingerprint density at radius 3 is 2.71 bits per heavy atom. The molecule has 0 atom stereocenters. The summed E-state index contributed by atoms with van der Waals surface area (Å²) in [5.41, 5.74) is 4.91. The molecule has 0 bridgehead atoms. The Bertz CT molecular complexity index is 2130. The molecule has 5 aromatic rings. The standard InChI is InChI=1S/C36H34FN9O2/c1-23-14-31(37)29(15-24(23)8-10-28-19-39-34-32(6-5-11-46(28)34)42-27-17-40-41-18-27)35(48)43-26-9-7-25(30(16-26)36(2,3)22-38)20-45-13-12-44(4)33(47)21-45/h5-7,9,11,14-19,42H,12-13,20-21H2,1-4H3,(H,40,41)(H,43,48). The first-order chi connectivity index (χ1) is 23.0. The van der Waals surface area contributed by atoms with Gasteiger partial charge in [0.15, 0.2) is 5.65 Å². The Labute approximate surface area is 277 Å². The molecule has 2 aromatic carbocycles. The molecule has 4 heterocycles. The molecular formula is C36H34FN9O2. The van der Waals surface area contributed by atoms with Crippen molar-refractivity contribution in [3.63, 3.8) is 0 Å². The third kappa shape index (κ3) is 6.61. The van der Waals surface area contributed by atoms with Crippen LogP contribution < -0.4 is 10.6 Å². The largest absolute Gasteiger partial charge is 0.350 e. The van der Waals surface area contributed by atoms with Gasteiger partial charge in [-0.15, -0.1) is 0 Å². The maximum Gasteiger partial charge on any atom is 0.258 e. The van der Waals surface area contributed by atoms with Gasteiger partial charge in [0.1, 0.15) is 11.5 Å². The number of aromatic nitrogens is 4. The lowest BCUT2D eigenvalue weighted by Gasteiger charge is -2.33. The summed E-state index contributed by atoms with van der Waals surface area (Å²) in [7, 11) is 1.79. The number of nitrogens with zero attached hydrogens (tertiary/aromatic N) is 6. The average Bonchev–Trinajstić information content (AvgIpc) is 3.73. The smallest absolute Gasteiger partial charge is 0.258 e. The van der Waals surface area contributed by atoms with Gasteiger partial charge in [0.2, 0.25) is 5.91 Å². The Balaban J connectivity index is 1.24. The van der Waals surface area contributed by atoms with Crippen molar-refractivity contribution in [2.45, 2.75) is 32.7 Å². The van der Waals surface area contributed by atoms with Crippen LogP contribution in [0.4, 0.5) is 21.5 Å². The SMILES string of the molecule is Cc1cc(F)c(C(=O)Nc2ccc(CN3CCN(C)C(=O)C3)c(C(C)(C)C#N)c2)cc1C#Cc1cnc2c(Nc3cn[nH]c3)cccn12. The van der Waals surface area contributed by atoms with Crippen LogP contribution in [0.2, 0.25) is 0 Å². The number of nitrogens with one attached hydrogen (secondary N) is 3. The minimum Gasteiger partial charge on any atom is -0.350 e. The zero-order valence-corrected chi connectivity index (χ0v) is 27.1. The molecule has 0 aliphatic carbocycles. The summed E-state index contributed by atoms with van der Waals surface area (Å²) in [5, 5.41) is 22.7. The van der Waals surface area contributed by atoms with Crippen LogP contribution in [-0.2, 0) is 16.8 Å². The van der Waals surface area contributed by atoms with E-state index in [1.54, 1.807) is 63.4 Å². The normalized spacial score (nSPS) is 13.6. The van der Waals surface area contributed by atoms with Crippen LogP contribution in [0.25, 0.3) is 5.65 Å². The molecule has 242 valence electrons. The highest BCUT2D eigenvalue weighted by atomic mass is 19.1. The number of carbonyl (C=O) groups excluding carboxylic acids is 2. The van der Waals surface area contributed by atoms with Gasteiger partial charge in [0, 0.05) is 50.3 Å². The molecule has 3 N–H and O–H groups in total. The monoisotopic (exact) mass is 643 g/mol. The van der Waals surface area contributed by atoms with E-state index >= 15 is 4.39 Å². The predicted molar refractivity (Wildman–Crippen MR) is 180 cm³/mol. The molecule has 1 fully saturated rings. The molecule has 1 aliphatic rings. The van der Waals surface area contributed by atoms with Gasteiger partial charge in [-0.05, 0) is 79.8 Å². The Hall–Kier alpha value is -5.98. The number of amides is 2. The fraction of sp³-hybridized carbons (Fsp3) is 0.250. The van der Waals surface area contributed by atoms with Gasteiger partial charge in [-0.25, -0.2) is 9.37 Å². The molecule has 0 unspecified atom stereocenters. The molecule has 2 amide bonds. The quantitative estimate of drug-likeness (QED) is 0.213. The van der Waals surface area contributed by atoms with Crippen LogP contribution in [0.3, 0.4) is 0 Å². The Kier molecular flexibility index (Phi) is 8.68. The number of aryl methyl sites for hydroxylation is 1. The third-order valence-electron chi connectivity index (χ3n) is 8.45. The van der Waals surface area contributed by atoms with E-state index in [1.807, 2.05) is 33.7 Å². The molecule has 0 saturated carbocycles. The molecule has 48 heavy (non-hydrogen) atoms. The van der Waals surface area contributed by atoms with Gasteiger partial charge in [-0.2, -0.15) is 10.4 Å². The van der Waals surface area contributed by atoms with Crippen LogP contribution in [0.15, 0.2) is 67.3 Å². The van der Waals surface area contributed by atoms with Gasteiger partial charge < -0.3 is 15.5 Å². The van der Waals surface area contributed by atoms with E-state index in [-0.39, 0.29) is 11.5 Å². The van der Waals surface area contributed by atoms with E-state index < -0.39 is 17.1 Å². The molecule has 3 aromatic heterocycles. The lowest BCUT2D eigenvalue weighted by Crippen LogP contribution is -2.48. The summed E-state index contributed by atoms with van der Waals surface area (Å²) >= 11 is 0. The van der Waals surface area contributed by atoms with Crippen molar-refractivity contribution in [1.29, 1.82) is 5.26 Å². The van der Waals surface area contributed by atoms with Crippen molar-refractivity contribution in [1.82, 2.24) is 29.4 Å². The number of anilines is 3. The fourth-order valence-electron chi connectivity index (χ4n) is 5.60. The zero-order valence-electron chi connectivity index (χ0n) is 27.1. The van der Waals surface area contributed by atoms with Crippen LogP contribution >= 0.6 is 0 Å². The van der Waals surface area contributed by atoms with E-state index in [4.69, 9.17) is 0 Å². The molecule has 1 aliphatic heterocycles. The molecule has 0 radical (unpaired) electrons. The number of carbonyl (C=O) groups is 2. The number of hydrogen-bond acceptors (Lipinski definition) is 7. The minimum absolute atomic E-state index is 0.0433. The van der Waals surface area contributed by atoms with Crippen molar-refractivity contribution in [3.05, 3.63) is 107 Å². The number of likely N-dealkylation sites (N-methyl/N-ethyl adjacent to an activating group) is 1. The molecule has 11 nitrogen and oxygen atoms in total. The zero-order chi connectivity index (χ0) is 34.0. The summed E-state index contributed by atoms with van der Waals surface area (Å²) < 4.78 is 17.0. The van der Waals surface area contributed by atoms with Crippen LogP contribution in [0.5, 0.6) is 0 Å². The van der Waals surface area contributed by atoms with Crippen molar-refractivity contribution in [2.75, 3.05) is 37.3 Å². The number of pyridine rings is 1. The second-order valence-electron chi connectivity index (χ2n) is 12.4. The molecule has 1 saturated heterocycles. The van der Waals surface area contributed by atoms with Crippen LogP contribution in [0, 0.1) is 35.9 Å². The molecular weight excluding hydrogens is 609 g/mol. The molecule has 0 spiro atoms. The summed E-state index contributed by atoms with van der Waals surface area (Å²) in [6.07, 6.45) is 6.90. The highest BCUT2D eigenvalue weighted by Crippen LogP contribution is 2.30. The van der Waals surface area contributed by atoms with Crippen molar-refractivity contribution in [3.8, 4) is 17.9 Å². The van der Waals surface area contributed by atoms with Gasteiger partial charge in [0.05, 0.1) is 47.4 Å². The average molecular weight is 644 g/mol. The number of benzene rings is 2. The van der Waals surface area contributed by atoms with E-state index in [2.05, 4.69) is 43.7 Å². The van der Waals surface area contributed by atoms with Gasteiger partial charge in [-0.3, -0.25) is 24.0 Å². The van der Waals surface area contributed by atoms with Crippen molar-refractivity contribution < 1.29 is 14.0 Å². The lowest BCUT2D eigenvalue weighted by atomic mass is 9.82. The fourth-order valence-corrected chi connectivity index (χ4v) is 5.60. The number of H-pyrrole nitrogens is 1. The molecule has 12 heteroatoms. The van der Waals surface area contributed by atoms with Gasteiger partial charge >= 0.3 is 0 Å². The summed E-state index contributed by atoms with van der Waals surface area (Å²) in [6, 6.07) is 14.2. The second-order valence-corrected chi connectivity index (χ2v) is 12.4. The number of fused-ring (bicyclic) bond motifs is 1. The Morgan fingerprint density at radius 2 is 1.96 bits per heavy atom. The van der Waals surface area contributed by atoms with E-state index in [0.717, 1.165) is 22.5 Å². The number of halogens is 1. The van der Waals surface area contributed by atoms with Crippen molar-refractivity contribution >= 4 is 34.5 Å². The van der Waals surface area contributed by atoms with Crippen LogP contribution in [0.1, 0.15) is 52.2 Å². The number of aromatic amines is 1. The summed E-state index contributed by atoms with van der Waals surface area (Å²) in [6.45, 7) is 7.46. The third-order valence-corrected chi connectivity index (χ3v) is 8.45. The maximum atomic E-state index is 15.2. The number of piperazine rings is 1. The maximum absolute atomic E-state index is 15.2. The first kappa shape index (κ1) is 32.0. The second kappa shape index (κ2) is 13.0. The summed E-state index contributed by atoms with van der Waals surface area (Å²) in [4.78, 5) is 34.0. The van der Waals surface area contributed by atoms with E-state index in [9.17, 15) is 14.9 Å². The number of nitriles is 1. The lowest BCUT2D eigenvalue weighted by molar-refractivity contribution is -0.134. The molecule has 6 rings (SSSR count). The van der Waals surface area contributed by atoms with E-state index in [0.29, 0.717) is 54.3 Å². The van der Waals surface area contributed by atoms with Gasteiger partial charge in [-0.1, -0.05) is 12.0 Å².